The van der Waals surface area contributed by atoms with Gasteiger partial charge in [-0.2, -0.15) is 0 Å². The van der Waals surface area contributed by atoms with Gasteiger partial charge < -0.3 is 15.7 Å². The minimum absolute atomic E-state index is 0.0787. The molecule has 0 spiro atoms. The summed E-state index contributed by atoms with van der Waals surface area (Å²) < 4.78 is 0. The highest BCUT2D eigenvalue weighted by Gasteiger charge is 2.15. The van der Waals surface area contributed by atoms with Crippen LogP contribution in [0.3, 0.4) is 0 Å². The maximum Gasteiger partial charge on any atom is 0.237 e. The summed E-state index contributed by atoms with van der Waals surface area (Å²) in [5.74, 6) is 0.129. The highest BCUT2D eigenvalue weighted by molar-refractivity contribution is 5.79. The van der Waals surface area contributed by atoms with E-state index in [4.69, 9.17) is 5.11 Å². The Kier molecular flexibility index (Phi) is 2.70. The fourth-order valence-corrected chi connectivity index (χ4v) is 1.28. The average molecular weight is 208 g/mol. The minimum atomic E-state index is -0.351. The number of phenolic OH excluding ortho intramolecular Hbond substituents is 1. The van der Waals surface area contributed by atoms with Gasteiger partial charge >= 0.3 is 0 Å². The van der Waals surface area contributed by atoms with Crippen molar-refractivity contribution in [2.24, 2.45) is 0 Å². The van der Waals surface area contributed by atoms with E-state index in [9.17, 15) is 4.79 Å². The molecule has 1 atom stereocenters. The van der Waals surface area contributed by atoms with Crippen molar-refractivity contribution in [1.29, 1.82) is 0 Å². The molecule has 0 bridgehead atoms. The monoisotopic (exact) mass is 208 g/mol. The Labute approximate surface area is 86.6 Å². The molecular weight excluding hydrogens is 196 g/mol. The van der Waals surface area contributed by atoms with Crippen LogP contribution in [0.4, 0.5) is 5.69 Å². The smallest absolute Gasteiger partial charge is 0.237 e. The summed E-state index contributed by atoms with van der Waals surface area (Å²) in [6, 6.07) is 6.58. The van der Waals surface area contributed by atoms with Crippen molar-refractivity contribution in [2.45, 2.75) is 6.29 Å². The van der Waals surface area contributed by atoms with Crippen molar-refractivity contribution < 1.29 is 9.90 Å². The molecule has 1 aromatic carbocycles. The molecule has 0 radical (unpaired) electrons. The normalized spacial score (nSPS) is 20.8. The van der Waals surface area contributed by atoms with Crippen LogP contribution >= 0.6 is 0 Å². The van der Waals surface area contributed by atoms with Gasteiger partial charge in [-0.15, -0.1) is 0 Å². The fourth-order valence-electron chi connectivity index (χ4n) is 1.28. The zero-order chi connectivity index (χ0) is 10.7. The quantitative estimate of drug-likeness (QED) is 0.415. The van der Waals surface area contributed by atoms with Crippen molar-refractivity contribution in [3.8, 4) is 5.75 Å². The Morgan fingerprint density at radius 2 is 2.07 bits per heavy atom. The number of hydrazine groups is 1. The number of hydrogen-bond donors (Lipinski definition) is 5. The van der Waals surface area contributed by atoms with E-state index in [-0.39, 0.29) is 24.5 Å². The molecule has 1 aromatic rings. The molecule has 2 rings (SSSR count). The van der Waals surface area contributed by atoms with Crippen LogP contribution in [0.1, 0.15) is 0 Å². The minimum Gasteiger partial charge on any atom is -0.508 e. The Balaban J connectivity index is 1.96. The SMILES string of the molecule is O=C1CNNC(Nc2ccc(O)cc2)N1. The zero-order valence-corrected chi connectivity index (χ0v) is 7.95. The van der Waals surface area contributed by atoms with E-state index in [1.807, 2.05) is 0 Å². The first-order valence-electron chi connectivity index (χ1n) is 4.57. The van der Waals surface area contributed by atoms with Crippen molar-refractivity contribution in [2.75, 3.05) is 11.9 Å². The predicted molar refractivity (Wildman–Crippen MR) is 54.8 cm³/mol. The van der Waals surface area contributed by atoms with E-state index >= 15 is 0 Å². The van der Waals surface area contributed by atoms with Crippen molar-refractivity contribution in [3.63, 3.8) is 0 Å². The molecule has 1 aliphatic rings. The fraction of sp³-hybridized carbons (Fsp3) is 0.222. The molecule has 0 aliphatic carbocycles. The molecule has 0 saturated carbocycles. The van der Waals surface area contributed by atoms with Crippen LogP contribution in [-0.4, -0.2) is 23.8 Å². The maximum absolute atomic E-state index is 11.0. The van der Waals surface area contributed by atoms with E-state index in [2.05, 4.69) is 21.5 Å². The molecule has 0 aromatic heterocycles. The van der Waals surface area contributed by atoms with Crippen LogP contribution in [0, 0.1) is 0 Å². The second-order valence-corrected chi connectivity index (χ2v) is 3.19. The van der Waals surface area contributed by atoms with E-state index in [1.54, 1.807) is 24.3 Å². The predicted octanol–water partition coefficient (Wildman–Crippen LogP) is -0.688. The number of aromatic hydroxyl groups is 1. The number of rotatable bonds is 2. The molecule has 5 N–H and O–H groups in total. The average Bonchev–Trinajstić information content (AvgIpc) is 2.22. The number of phenols is 1. The number of anilines is 1. The van der Waals surface area contributed by atoms with Gasteiger partial charge in [0.15, 0.2) is 6.29 Å². The lowest BCUT2D eigenvalue weighted by molar-refractivity contribution is -0.122. The summed E-state index contributed by atoms with van der Waals surface area (Å²) in [6.45, 7) is 0.258. The lowest BCUT2D eigenvalue weighted by Gasteiger charge is -2.26. The van der Waals surface area contributed by atoms with Gasteiger partial charge in [-0.25, -0.2) is 10.9 Å². The van der Waals surface area contributed by atoms with Crippen LogP contribution in [0.2, 0.25) is 0 Å². The molecule has 1 saturated heterocycles. The number of nitrogens with one attached hydrogen (secondary N) is 4. The lowest BCUT2D eigenvalue weighted by atomic mass is 10.3. The Morgan fingerprint density at radius 1 is 1.33 bits per heavy atom. The molecule has 1 aliphatic heterocycles. The van der Waals surface area contributed by atoms with Gasteiger partial charge in [-0.05, 0) is 24.3 Å². The van der Waals surface area contributed by atoms with E-state index in [0.717, 1.165) is 5.69 Å². The molecule has 6 nitrogen and oxygen atoms in total. The van der Waals surface area contributed by atoms with E-state index in [0.29, 0.717) is 0 Å². The standard InChI is InChI=1S/C9H12N4O2/c14-7-3-1-6(2-4-7)11-9-12-8(15)5-10-13-9/h1-4,9-11,13-14H,5H2,(H,12,15). The first-order valence-corrected chi connectivity index (χ1v) is 4.57. The summed E-state index contributed by atoms with van der Waals surface area (Å²) in [4.78, 5) is 11.0. The summed E-state index contributed by atoms with van der Waals surface area (Å²) in [7, 11) is 0. The molecule has 15 heavy (non-hydrogen) atoms. The summed E-state index contributed by atoms with van der Waals surface area (Å²) in [5.41, 5.74) is 6.40. The van der Waals surface area contributed by atoms with Gasteiger partial charge in [0.2, 0.25) is 5.91 Å². The maximum atomic E-state index is 11.0. The Morgan fingerprint density at radius 3 is 2.73 bits per heavy atom. The van der Waals surface area contributed by atoms with E-state index in [1.165, 1.54) is 0 Å². The number of amides is 1. The number of carbonyl (C=O) groups is 1. The summed E-state index contributed by atoms with van der Waals surface area (Å²) in [5, 5.41) is 14.8. The molecular formula is C9H12N4O2. The highest BCUT2D eigenvalue weighted by Crippen LogP contribution is 2.13. The second-order valence-electron chi connectivity index (χ2n) is 3.19. The summed E-state index contributed by atoms with van der Waals surface area (Å²) in [6.07, 6.45) is -0.351. The van der Waals surface area contributed by atoms with Gasteiger partial charge in [-0.3, -0.25) is 4.79 Å². The molecule has 1 unspecified atom stereocenters. The first-order chi connectivity index (χ1) is 7.24. The van der Waals surface area contributed by atoms with Crippen LogP contribution in [0.25, 0.3) is 0 Å². The third-order valence-electron chi connectivity index (χ3n) is 1.98. The lowest BCUT2D eigenvalue weighted by Crippen LogP contribution is -2.63. The van der Waals surface area contributed by atoms with Gasteiger partial charge in [0.1, 0.15) is 5.75 Å². The van der Waals surface area contributed by atoms with Gasteiger partial charge in [-0.1, -0.05) is 0 Å². The second kappa shape index (κ2) is 4.16. The van der Waals surface area contributed by atoms with Crippen molar-refractivity contribution in [3.05, 3.63) is 24.3 Å². The van der Waals surface area contributed by atoms with Crippen molar-refractivity contribution >= 4 is 11.6 Å². The molecule has 1 amide bonds. The van der Waals surface area contributed by atoms with Crippen LogP contribution in [0.15, 0.2) is 24.3 Å². The molecule has 1 fully saturated rings. The first kappa shape index (κ1) is 9.75. The van der Waals surface area contributed by atoms with Crippen LogP contribution in [-0.2, 0) is 4.79 Å². The Hall–Kier alpha value is -1.79. The Bertz CT molecular complexity index is 352. The highest BCUT2D eigenvalue weighted by atomic mass is 16.3. The number of hydrogen-bond acceptors (Lipinski definition) is 5. The number of benzene rings is 1. The topological polar surface area (TPSA) is 85.4 Å². The third-order valence-corrected chi connectivity index (χ3v) is 1.98. The molecule has 6 heteroatoms. The zero-order valence-electron chi connectivity index (χ0n) is 7.95. The van der Waals surface area contributed by atoms with Gasteiger partial charge in [0.05, 0.1) is 6.54 Å². The van der Waals surface area contributed by atoms with Gasteiger partial charge in [0.25, 0.3) is 0 Å². The van der Waals surface area contributed by atoms with Gasteiger partial charge in [0, 0.05) is 5.69 Å². The van der Waals surface area contributed by atoms with E-state index < -0.39 is 0 Å². The molecule has 80 valence electrons. The summed E-state index contributed by atoms with van der Waals surface area (Å²) >= 11 is 0. The van der Waals surface area contributed by atoms with Crippen molar-refractivity contribution in [1.82, 2.24) is 16.2 Å². The van der Waals surface area contributed by atoms with Crippen LogP contribution in [0.5, 0.6) is 5.75 Å². The molecule has 1 heterocycles. The largest absolute Gasteiger partial charge is 0.508 e. The van der Waals surface area contributed by atoms with Crippen LogP contribution < -0.4 is 21.5 Å². The third kappa shape index (κ3) is 2.58. The number of carbonyl (C=O) groups excluding carboxylic acids is 1.